The average molecular weight is 340 g/mol. The van der Waals surface area contributed by atoms with Gasteiger partial charge in [-0.3, -0.25) is 0 Å². The van der Waals surface area contributed by atoms with Crippen LogP contribution >= 0.6 is 0 Å². The molecule has 3 aromatic heterocycles. The van der Waals surface area contributed by atoms with E-state index in [9.17, 15) is 0 Å². The first-order chi connectivity index (χ1) is 12.3. The summed E-state index contributed by atoms with van der Waals surface area (Å²) < 4.78 is 9.09. The van der Waals surface area contributed by atoms with Gasteiger partial charge in [0.05, 0.1) is 0 Å². The van der Waals surface area contributed by atoms with Crippen molar-refractivity contribution in [3.63, 3.8) is 0 Å². The highest BCUT2D eigenvalue weighted by Gasteiger charge is 2.20. The Morgan fingerprint density at radius 3 is 2.96 bits per heavy atom. The quantitative estimate of drug-likeness (QED) is 0.698. The zero-order valence-electron chi connectivity index (χ0n) is 14.8. The number of hydrogen-bond donors (Lipinski definition) is 1. The molecule has 0 spiro atoms. The maximum atomic E-state index is 5.16. The van der Waals surface area contributed by atoms with Gasteiger partial charge in [-0.1, -0.05) is 0 Å². The first kappa shape index (κ1) is 16.1. The molecule has 132 valence electrons. The second-order valence-corrected chi connectivity index (χ2v) is 6.53. The molecule has 1 aliphatic rings. The van der Waals surface area contributed by atoms with E-state index in [2.05, 4.69) is 10.3 Å². The lowest BCUT2D eigenvalue weighted by Gasteiger charge is -2.20. The van der Waals surface area contributed by atoms with Gasteiger partial charge in [0.2, 0.25) is 0 Å². The van der Waals surface area contributed by atoms with Gasteiger partial charge in [0.25, 0.3) is 0 Å². The van der Waals surface area contributed by atoms with E-state index in [1.54, 1.807) is 13.3 Å². The van der Waals surface area contributed by atoms with E-state index < -0.39 is 0 Å². The SMILES string of the molecule is COCCCNc1c2c(nc3cc(-c4nccn4C)nn13)CCCC2. The Labute approximate surface area is 147 Å². The van der Waals surface area contributed by atoms with Crippen molar-refractivity contribution < 1.29 is 4.74 Å². The number of imidazole rings is 1. The number of rotatable bonds is 6. The summed E-state index contributed by atoms with van der Waals surface area (Å²) in [5.74, 6) is 1.94. The maximum Gasteiger partial charge on any atom is 0.160 e. The molecule has 7 nitrogen and oxygen atoms in total. The van der Waals surface area contributed by atoms with E-state index in [1.165, 1.54) is 24.1 Å². The summed E-state index contributed by atoms with van der Waals surface area (Å²) >= 11 is 0. The van der Waals surface area contributed by atoms with Crippen LogP contribution in [0.1, 0.15) is 30.5 Å². The Bertz CT molecular complexity index is 881. The first-order valence-corrected chi connectivity index (χ1v) is 8.90. The molecule has 0 bridgehead atoms. The molecular formula is C18H24N6O. The summed E-state index contributed by atoms with van der Waals surface area (Å²) in [7, 11) is 3.72. The Balaban J connectivity index is 1.78. The zero-order valence-corrected chi connectivity index (χ0v) is 14.8. The molecule has 1 N–H and O–H groups in total. The normalized spacial score (nSPS) is 14.0. The number of ether oxygens (including phenoxy) is 1. The Kier molecular flexibility index (Phi) is 4.40. The van der Waals surface area contributed by atoms with Crippen LogP contribution in [0.5, 0.6) is 0 Å². The van der Waals surface area contributed by atoms with Crippen molar-refractivity contribution in [2.75, 3.05) is 25.6 Å². The lowest BCUT2D eigenvalue weighted by molar-refractivity contribution is 0.197. The minimum Gasteiger partial charge on any atom is -0.385 e. The largest absolute Gasteiger partial charge is 0.385 e. The van der Waals surface area contributed by atoms with Crippen molar-refractivity contribution in [3.8, 4) is 11.5 Å². The third kappa shape index (κ3) is 3.00. The second-order valence-electron chi connectivity index (χ2n) is 6.53. The molecule has 0 atom stereocenters. The highest BCUT2D eigenvalue weighted by molar-refractivity contribution is 5.63. The van der Waals surface area contributed by atoms with Crippen LogP contribution in [0.25, 0.3) is 17.2 Å². The maximum absolute atomic E-state index is 5.16. The highest BCUT2D eigenvalue weighted by Crippen LogP contribution is 2.29. The molecule has 3 heterocycles. The zero-order chi connectivity index (χ0) is 17.2. The lowest BCUT2D eigenvalue weighted by atomic mass is 9.96. The van der Waals surface area contributed by atoms with Gasteiger partial charge >= 0.3 is 0 Å². The molecule has 25 heavy (non-hydrogen) atoms. The summed E-state index contributed by atoms with van der Waals surface area (Å²) in [5.41, 5.74) is 4.25. The van der Waals surface area contributed by atoms with Crippen molar-refractivity contribution in [1.29, 1.82) is 0 Å². The summed E-state index contributed by atoms with van der Waals surface area (Å²) in [6.45, 7) is 1.61. The van der Waals surface area contributed by atoms with Crippen LogP contribution in [-0.4, -0.2) is 44.4 Å². The highest BCUT2D eigenvalue weighted by atomic mass is 16.5. The molecule has 3 aromatic rings. The minimum absolute atomic E-state index is 0.751. The molecule has 0 amide bonds. The predicted molar refractivity (Wildman–Crippen MR) is 96.8 cm³/mol. The number of fused-ring (bicyclic) bond motifs is 2. The van der Waals surface area contributed by atoms with Gasteiger partial charge in [0, 0.05) is 57.0 Å². The molecule has 0 radical (unpaired) electrons. The summed E-state index contributed by atoms with van der Waals surface area (Å²) in [6, 6.07) is 2.03. The van der Waals surface area contributed by atoms with E-state index in [1.807, 2.05) is 28.4 Å². The van der Waals surface area contributed by atoms with E-state index in [0.717, 1.165) is 55.4 Å². The number of aromatic nitrogens is 5. The Morgan fingerprint density at radius 1 is 1.28 bits per heavy atom. The van der Waals surface area contributed by atoms with E-state index in [4.69, 9.17) is 14.8 Å². The number of methoxy groups -OCH3 is 1. The van der Waals surface area contributed by atoms with Crippen molar-refractivity contribution in [2.45, 2.75) is 32.1 Å². The van der Waals surface area contributed by atoms with Crippen LogP contribution in [-0.2, 0) is 24.6 Å². The van der Waals surface area contributed by atoms with Crippen LogP contribution in [0.4, 0.5) is 5.82 Å². The second kappa shape index (κ2) is 6.84. The molecule has 0 unspecified atom stereocenters. The monoisotopic (exact) mass is 340 g/mol. The van der Waals surface area contributed by atoms with Crippen LogP contribution < -0.4 is 5.32 Å². The average Bonchev–Trinajstić information content (AvgIpc) is 3.23. The Morgan fingerprint density at radius 2 is 2.16 bits per heavy atom. The molecular weight excluding hydrogens is 316 g/mol. The van der Waals surface area contributed by atoms with Gasteiger partial charge in [-0.2, -0.15) is 9.61 Å². The summed E-state index contributed by atoms with van der Waals surface area (Å²) in [5, 5.41) is 8.38. The lowest BCUT2D eigenvalue weighted by Crippen LogP contribution is -2.16. The van der Waals surface area contributed by atoms with Gasteiger partial charge in [-0.05, 0) is 32.1 Å². The van der Waals surface area contributed by atoms with Gasteiger partial charge in [-0.15, -0.1) is 0 Å². The van der Waals surface area contributed by atoms with Gasteiger partial charge in [-0.25, -0.2) is 9.97 Å². The topological polar surface area (TPSA) is 69.3 Å². The molecule has 0 saturated carbocycles. The van der Waals surface area contributed by atoms with Crippen molar-refractivity contribution in [3.05, 3.63) is 29.7 Å². The number of nitrogens with zero attached hydrogens (tertiary/aromatic N) is 5. The number of hydrogen-bond acceptors (Lipinski definition) is 5. The third-order valence-corrected chi connectivity index (χ3v) is 4.74. The van der Waals surface area contributed by atoms with Crippen molar-refractivity contribution in [1.82, 2.24) is 24.1 Å². The molecule has 0 aromatic carbocycles. The molecule has 0 fully saturated rings. The van der Waals surface area contributed by atoms with Gasteiger partial charge in [0.1, 0.15) is 11.5 Å². The first-order valence-electron chi connectivity index (χ1n) is 8.90. The fraction of sp³-hybridized carbons (Fsp3) is 0.500. The molecule has 4 rings (SSSR count). The third-order valence-electron chi connectivity index (χ3n) is 4.74. The van der Waals surface area contributed by atoms with Crippen LogP contribution in [0.3, 0.4) is 0 Å². The molecule has 0 saturated heterocycles. The van der Waals surface area contributed by atoms with E-state index in [-0.39, 0.29) is 0 Å². The van der Waals surface area contributed by atoms with Crippen molar-refractivity contribution in [2.24, 2.45) is 7.05 Å². The fourth-order valence-corrected chi connectivity index (χ4v) is 3.48. The van der Waals surface area contributed by atoms with Gasteiger partial charge in [0.15, 0.2) is 11.5 Å². The van der Waals surface area contributed by atoms with E-state index in [0.29, 0.717) is 0 Å². The fourth-order valence-electron chi connectivity index (χ4n) is 3.48. The van der Waals surface area contributed by atoms with E-state index >= 15 is 0 Å². The Hall–Kier alpha value is -2.41. The van der Waals surface area contributed by atoms with Crippen LogP contribution in [0, 0.1) is 0 Å². The summed E-state index contributed by atoms with van der Waals surface area (Å²) in [4.78, 5) is 9.30. The van der Waals surface area contributed by atoms with Crippen LogP contribution in [0.15, 0.2) is 18.5 Å². The summed E-state index contributed by atoms with van der Waals surface area (Å²) in [6.07, 6.45) is 9.20. The number of aryl methyl sites for hydroxylation is 2. The molecule has 0 aliphatic heterocycles. The van der Waals surface area contributed by atoms with Crippen LogP contribution in [0.2, 0.25) is 0 Å². The smallest absolute Gasteiger partial charge is 0.160 e. The van der Waals surface area contributed by atoms with Crippen molar-refractivity contribution >= 4 is 11.5 Å². The predicted octanol–water partition coefficient (Wildman–Crippen LogP) is 2.46. The standard InChI is InChI=1S/C18H24N6O/c1-23-10-9-20-18(23)15-12-16-21-14-7-4-3-6-13(14)17(24(16)22-15)19-8-5-11-25-2/h9-10,12,19H,3-8,11H2,1-2H3. The number of nitrogens with one attached hydrogen (secondary N) is 1. The van der Waals surface area contributed by atoms with Gasteiger partial charge < -0.3 is 14.6 Å². The minimum atomic E-state index is 0.751. The molecule has 7 heteroatoms. The number of anilines is 1. The molecule has 1 aliphatic carbocycles.